The van der Waals surface area contributed by atoms with Crippen LogP contribution >= 0.6 is 23.2 Å². The second-order valence-corrected chi connectivity index (χ2v) is 10.1. The Hall–Kier alpha value is -2.24. The quantitative estimate of drug-likeness (QED) is 0.479. The van der Waals surface area contributed by atoms with Gasteiger partial charge in [0, 0.05) is 12.2 Å². The van der Waals surface area contributed by atoms with Crippen LogP contribution in [0.5, 0.6) is 0 Å². The van der Waals surface area contributed by atoms with Crippen molar-refractivity contribution in [3.05, 3.63) is 58.1 Å². The molecule has 3 rings (SSSR count). The molecule has 1 aliphatic rings. The second-order valence-electron chi connectivity index (χ2n) is 9.28. The van der Waals surface area contributed by atoms with Crippen LogP contribution in [0.2, 0.25) is 10.0 Å². The Morgan fingerprint density at radius 3 is 2.47 bits per heavy atom. The minimum Gasteiger partial charge on any atom is -0.464 e. The summed E-state index contributed by atoms with van der Waals surface area (Å²) in [6.45, 7) is 7.24. The van der Waals surface area contributed by atoms with Gasteiger partial charge >= 0.3 is 5.97 Å². The monoisotopic (exact) mass is 476 g/mol. The Kier molecular flexibility index (Phi) is 8.07. The summed E-state index contributed by atoms with van der Waals surface area (Å²) in [5.74, 6) is -0.408. The van der Waals surface area contributed by atoms with Crippen molar-refractivity contribution in [1.82, 2.24) is 4.90 Å². The standard InChI is InChI=1S/C25H30Cl2N2O3/c1-25(2,3)13-15-32-24(31)21-12-7-14-29(21)22(30)16-17-8-4-5-11-20(17)28-23-18(26)9-6-10-19(23)27/h4-6,8-11,21,28H,7,12-16H2,1-3H3. The van der Waals surface area contributed by atoms with E-state index in [1.165, 1.54) is 0 Å². The highest BCUT2D eigenvalue weighted by Gasteiger charge is 2.35. The summed E-state index contributed by atoms with van der Waals surface area (Å²) < 4.78 is 5.49. The normalized spacial score (nSPS) is 16.2. The van der Waals surface area contributed by atoms with Crippen LogP contribution in [0, 0.1) is 5.41 Å². The number of benzene rings is 2. The Balaban J connectivity index is 1.68. The van der Waals surface area contributed by atoms with Crippen molar-refractivity contribution in [3.63, 3.8) is 0 Å². The molecular formula is C25H30Cl2N2O3. The maximum Gasteiger partial charge on any atom is 0.328 e. The van der Waals surface area contributed by atoms with E-state index in [-0.39, 0.29) is 23.7 Å². The van der Waals surface area contributed by atoms with Gasteiger partial charge in [0.25, 0.3) is 0 Å². The highest BCUT2D eigenvalue weighted by Crippen LogP contribution is 2.34. The summed E-state index contributed by atoms with van der Waals surface area (Å²) in [6, 6.07) is 12.3. The molecule has 7 heteroatoms. The summed E-state index contributed by atoms with van der Waals surface area (Å²) >= 11 is 12.6. The number of halogens is 2. The Morgan fingerprint density at radius 2 is 1.78 bits per heavy atom. The molecule has 1 heterocycles. The van der Waals surface area contributed by atoms with Crippen LogP contribution < -0.4 is 5.32 Å². The molecule has 0 spiro atoms. The summed E-state index contributed by atoms with van der Waals surface area (Å²) in [7, 11) is 0. The van der Waals surface area contributed by atoms with E-state index in [0.29, 0.717) is 35.3 Å². The Labute approximate surface area is 200 Å². The Morgan fingerprint density at radius 1 is 1.09 bits per heavy atom. The largest absolute Gasteiger partial charge is 0.464 e. The van der Waals surface area contributed by atoms with Crippen molar-refractivity contribution < 1.29 is 14.3 Å². The van der Waals surface area contributed by atoms with Gasteiger partial charge in [-0.1, -0.05) is 68.2 Å². The van der Waals surface area contributed by atoms with E-state index < -0.39 is 6.04 Å². The zero-order chi connectivity index (χ0) is 23.3. The van der Waals surface area contributed by atoms with Crippen LogP contribution in [0.3, 0.4) is 0 Å². The number of amides is 1. The molecule has 172 valence electrons. The summed E-state index contributed by atoms with van der Waals surface area (Å²) in [6.07, 6.45) is 2.37. The molecular weight excluding hydrogens is 447 g/mol. The van der Waals surface area contributed by atoms with Crippen molar-refractivity contribution in [2.45, 2.75) is 52.5 Å². The van der Waals surface area contributed by atoms with Gasteiger partial charge in [-0.15, -0.1) is 0 Å². The SMILES string of the molecule is CC(C)(C)CCOC(=O)C1CCCN1C(=O)Cc1ccccc1Nc1c(Cl)cccc1Cl. The van der Waals surface area contributed by atoms with Crippen molar-refractivity contribution >= 4 is 46.5 Å². The van der Waals surface area contributed by atoms with Crippen LogP contribution in [0.1, 0.15) is 45.6 Å². The van der Waals surface area contributed by atoms with Crippen LogP contribution in [-0.2, 0) is 20.7 Å². The minimum atomic E-state index is -0.513. The molecule has 32 heavy (non-hydrogen) atoms. The number of nitrogens with one attached hydrogen (secondary N) is 1. The molecule has 0 radical (unpaired) electrons. The molecule has 1 unspecified atom stereocenters. The third kappa shape index (κ3) is 6.39. The molecule has 0 aromatic heterocycles. The smallest absolute Gasteiger partial charge is 0.328 e. The first kappa shape index (κ1) is 24.4. The molecule has 1 N–H and O–H groups in total. The third-order valence-electron chi connectivity index (χ3n) is 5.52. The molecule has 5 nitrogen and oxygen atoms in total. The number of carbonyl (C=O) groups excluding carboxylic acids is 2. The number of nitrogens with zero attached hydrogens (tertiary/aromatic N) is 1. The zero-order valence-corrected chi connectivity index (χ0v) is 20.3. The van der Waals surface area contributed by atoms with Gasteiger partial charge < -0.3 is 15.0 Å². The van der Waals surface area contributed by atoms with E-state index in [0.717, 1.165) is 24.1 Å². The number of para-hydroxylation sites is 2. The average Bonchev–Trinajstić information content (AvgIpc) is 3.21. The van der Waals surface area contributed by atoms with Crippen LogP contribution in [0.25, 0.3) is 0 Å². The second kappa shape index (κ2) is 10.6. The summed E-state index contributed by atoms with van der Waals surface area (Å²) in [5.41, 5.74) is 2.24. The Bertz CT molecular complexity index is 952. The average molecular weight is 477 g/mol. The molecule has 1 atom stereocenters. The number of hydrogen-bond donors (Lipinski definition) is 1. The van der Waals surface area contributed by atoms with Gasteiger partial charge in [0.2, 0.25) is 5.91 Å². The predicted octanol–water partition coefficient (Wildman–Crippen LogP) is 6.25. The highest BCUT2D eigenvalue weighted by atomic mass is 35.5. The molecule has 0 bridgehead atoms. The van der Waals surface area contributed by atoms with E-state index in [2.05, 4.69) is 26.1 Å². The lowest BCUT2D eigenvalue weighted by molar-refractivity contribution is -0.153. The van der Waals surface area contributed by atoms with Crippen molar-refractivity contribution in [1.29, 1.82) is 0 Å². The first-order valence-electron chi connectivity index (χ1n) is 10.9. The van der Waals surface area contributed by atoms with Gasteiger partial charge in [-0.05, 0) is 48.4 Å². The number of anilines is 2. The van der Waals surface area contributed by atoms with Crippen molar-refractivity contribution in [2.24, 2.45) is 5.41 Å². The molecule has 1 saturated heterocycles. The number of ether oxygens (including phenoxy) is 1. The predicted molar refractivity (Wildman–Crippen MR) is 130 cm³/mol. The van der Waals surface area contributed by atoms with Gasteiger partial charge in [-0.25, -0.2) is 4.79 Å². The van der Waals surface area contributed by atoms with Crippen LogP contribution in [0.15, 0.2) is 42.5 Å². The third-order valence-corrected chi connectivity index (χ3v) is 6.15. The lowest BCUT2D eigenvalue weighted by Crippen LogP contribution is -2.42. The molecule has 1 fully saturated rings. The van der Waals surface area contributed by atoms with E-state index in [1.807, 2.05) is 24.3 Å². The molecule has 0 aliphatic carbocycles. The summed E-state index contributed by atoms with van der Waals surface area (Å²) in [5, 5.41) is 4.25. The van der Waals surface area contributed by atoms with E-state index >= 15 is 0 Å². The van der Waals surface area contributed by atoms with E-state index in [9.17, 15) is 9.59 Å². The fourth-order valence-corrected chi connectivity index (χ4v) is 4.17. The molecule has 0 saturated carbocycles. The maximum atomic E-state index is 13.1. The number of hydrogen-bond acceptors (Lipinski definition) is 4. The highest BCUT2D eigenvalue weighted by molar-refractivity contribution is 6.39. The fraction of sp³-hybridized carbons (Fsp3) is 0.440. The number of rotatable bonds is 7. The summed E-state index contributed by atoms with van der Waals surface area (Å²) in [4.78, 5) is 27.4. The van der Waals surface area contributed by atoms with E-state index in [1.54, 1.807) is 23.1 Å². The molecule has 1 aliphatic heterocycles. The van der Waals surface area contributed by atoms with Crippen LogP contribution in [-0.4, -0.2) is 36.0 Å². The minimum absolute atomic E-state index is 0.0900. The number of carbonyl (C=O) groups is 2. The first-order chi connectivity index (χ1) is 15.2. The topological polar surface area (TPSA) is 58.6 Å². The molecule has 2 aromatic rings. The van der Waals surface area contributed by atoms with E-state index in [4.69, 9.17) is 27.9 Å². The fourth-order valence-electron chi connectivity index (χ4n) is 3.68. The zero-order valence-electron chi connectivity index (χ0n) is 18.8. The van der Waals surface area contributed by atoms with Gasteiger partial charge in [-0.3, -0.25) is 4.79 Å². The van der Waals surface area contributed by atoms with Gasteiger partial charge in [0.15, 0.2) is 0 Å². The lowest BCUT2D eigenvalue weighted by atomic mass is 9.93. The molecule has 1 amide bonds. The van der Waals surface area contributed by atoms with Crippen LogP contribution in [0.4, 0.5) is 11.4 Å². The maximum absolute atomic E-state index is 13.1. The van der Waals surface area contributed by atoms with Crippen molar-refractivity contribution in [2.75, 3.05) is 18.5 Å². The van der Waals surface area contributed by atoms with Crippen molar-refractivity contribution in [3.8, 4) is 0 Å². The number of esters is 1. The van der Waals surface area contributed by atoms with Gasteiger partial charge in [-0.2, -0.15) is 0 Å². The molecule has 2 aromatic carbocycles. The van der Waals surface area contributed by atoms with Gasteiger partial charge in [0.05, 0.1) is 28.8 Å². The number of likely N-dealkylation sites (tertiary alicyclic amines) is 1. The van der Waals surface area contributed by atoms with Gasteiger partial charge in [0.1, 0.15) is 6.04 Å². The first-order valence-corrected chi connectivity index (χ1v) is 11.7. The lowest BCUT2D eigenvalue weighted by Gasteiger charge is -2.25.